The van der Waals surface area contributed by atoms with Crippen molar-refractivity contribution in [3.05, 3.63) is 53.2 Å². The van der Waals surface area contributed by atoms with Crippen LogP contribution in [0.15, 0.2) is 47.7 Å². The van der Waals surface area contributed by atoms with Crippen molar-refractivity contribution in [2.75, 3.05) is 5.32 Å². The van der Waals surface area contributed by atoms with Crippen LogP contribution in [-0.4, -0.2) is 25.2 Å². The molecule has 1 N–H and O–H groups in total. The Morgan fingerprint density at radius 2 is 2.08 bits per heavy atom. The van der Waals surface area contributed by atoms with E-state index in [2.05, 4.69) is 22.3 Å². The monoisotopic (exact) mass is 339 g/mol. The summed E-state index contributed by atoms with van der Waals surface area (Å²) in [5, 5.41) is 7.66. The van der Waals surface area contributed by atoms with Crippen molar-refractivity contribution in [2.45, 2.75) is 39.3 Å². The Kier molecular flexibility index (Phi) is 4.92. The van der Waals surface area contributed by atoms with Gasteiger partial charge in [0.25, 0.3) is 5.56 Å². The fourth-order valence-corrected chi connectivity index (χ4v) is 2.63. The average molecular weight is 339 g/mol. The minimum absolute atomic E-state index is 0.136. The molecule has 2 heterocycles. The molecule has 7 nitrogen and oxygen atoms in total. The lowest BCUT2D eigenvalue weighted by atomic mass is 10.2. The molecule has 3 rings (SSSR count). The maximum Gasteiger partial charge on any atom is 0.261 e. The van der Waals surface area contributed by atoms with Gasteiger partial charge in [-0.1, -0.05) is 19.1 Å². The average Bonchev–Trinajstić information content (AvgIpc) is 3.08. The lowest BCUT2D eigenvalue weighted by Gasteiger charge is -2.14. The fraction of sp³-hybridized carbons (Fsp3) is 0.333. The van der Waals surface area contributed by atoms with Crippen LogP contribution in [0.2, 0.25) is 0 Å². The van der Waals surface area contributed by atoms with Crippen LogP contribution in [0.5, 0.6) is 0 Å². The second-order valence-electron chi connectivity index (χ2n) is 5.98. The quantitative estimate of drug-likeness (QED) is 0.748. The van der Waals surface area contributed by atoms with Crippen LogP contribution in [-0.2, 0) is 11.3 Å². The lowest BCUT2D eigenvalue weighted by Crippen LogP contribution is -2.24. The van der Waals surface area contributed by atoms with E-state index in [-0.39, 0.29) is 30.5 Å². The number of fused-ring (bicyclic) bond motifs is 1. The molecule has 0 saturated carbocycles. The lowest BCUT2D eigenvalue weighted by molar-refractivity contribution is -0.116. The van der Waals surface area contributed by atoms with Gasteiger partial charge in [-0.15, -0.1) is 0 Å². The summed E-state index contributed by atoms with van der Waals surface area (Å²) in [6.07, 6.45) is 4.26. The molecule has 0 radical (unpaired) electrons. The number of carbonyl (C=O) groups is 1. The molecule has 1 amide bonds. The van der Waals surface area contributed by atoms with E-state index in [0.29, 0.717) is 16.7 Å². The zero-order chi connectivity index (χ0) is 17.8. The number of nitrogens with zero attached hydrogens (tertiary/aromatic N) is 4. The van der Waals surface area contributed by atoms with Gasteiger partial charge < -0.3 is 5.32 Å². The minimum atomic E-state index is -0.162. The second-order valence-corrected chi connectivity index (χ2v) is 5.98. The molecular formula is C18H21N5O2. The highest BCUT2D eigenvalue weighted by molar-refractivity contribution is 5.89. The number of hydrogen-bond donors (Lipinski definition) is 1. The molecule has 25 heavy (non-hydrogen) atoms. The number of para-hydroxylation sites is 1. The van der Waals surface area contributed by atoms with Crippen LogP contribution in [0, 0.1) is 0 Å². The number of nitrogens with one attached hydrogen (secondary N) is 1. The zero-order valence-electron chi connectivity index (χ0n) is 14.3. The Morgan fingerprint density at radius 1 is 1.28 bits per heavy atom. The molecule has 130 valence electrons. The van der Waals surface area contributed by atoms with Gasteiger partial charge in [0.1, 0.15) is 5.82 Å². The summed E-state index contributed by atoms with van der Waals surface area (Å²) in [4.78, 5) is 28.9. The van der Waals surface area contributed by atoms with E-state index in [1.54, 1.807) is 35.1 Å². The van der Waals surface area contributed by atoms with Crippen molar-refractivity contribution < 1.29 is 4.79 Å². The van der Waals surface area contributed by atoms with Gasteiger partial charge >= 0.3 is 0 Å². The van der Waals surface area contributed by atoms with E-state index >= 15 is 0 Å². The predicted molar refractivity (Wildman–Crippen MR) is 96.5 cm³/mol. The van der Waals surface area contributed by atoms with E-state index in [9.17, 15) is 9.59 Å². The molecule has 0 bridgehead atoms. The molecule has 0 aliphatic heterocycles. The molecule has 0 saturated heterocycles. The van der Waals surface area contributed by atoms with Gasteiger partial charge in [0.15, 0.2) is 0 Å². The molecule has 7 heteroatoms. The number of carbonyl (C=O) groups excluding carboxylic acids is 1. The van der Waals surface area contributed by atoms with Crippen LogP contribution in [0.4, 0.5) is 5.82 Å². The van der Waals surface area contributed by atoms with Crippen molar-refractivity contribution in [3.63, 3.8) is 0 Å². The number of rotatable bonds is 6. The summed E-state index contributed by atoms with van der Waals surface area (Å²) in [5.74, 6) is 0.508. The number of amides is 1. The smallest absolute Gasteiger partial charge is 0.261 e. The maximum absolute atomic E-state index is 12.4. The molecule has 2 aromatic heterocycles. The highest BCUT2D eigenvalue weighted by Crippen LogP contribution is 2.16. The van der Waals surface area contributed by atoms with Gasteiger partial charge in [0.2, 0.25) is 5.91 Å². The van der Waals surface area contributed by atoms with Crippen molar-refractivity contribution in [1.29, 1.82) is 0 Å². The highest BCUT2D eigenvalue weighted by Gasteiger charge is 2.12. The Balaban J connectivity index is 1.68. The van der Waals surface area contributed by atoms with E-state index in [1.807, 2.05) is 13.0 Å². The summed E-state index contributed by atoms with van der Waals surface area (Å²) < 4.78 is 3.26. The summed E-state index contributed by atoms with van der Waals surface area (Å²) in [6.45, 7) is 4.39. The third-order valence-electron chi connectivity index (χ3n) is 4.26. The maximum atomic E-state index is 12.4. The normalized spacial score (nSPS) is 12.2. The molecule has 0 aliphatic carbocycles. The molecule has 0 fully saturated rings. The summed E-state index contributed by atoms with van der Waals surface area (Å²) in [5.41, 5.74) is 0.522. The van der Waals surface area contributed by atoms with E-state index in [1.165, 1.54) is 10.9 Å². The molecule has 0 spiro atoms. The molecule has 1 atom stereocenters. The van der Waals surface area contributed by atoms with Crippen molar-refractivity contribution >= 4 is 22.6 Å². The largest absolute Gasteiger partial charge is 0.311 e. The van der Waals surface area contributed by atoms with E-state index < -0.39 is 0 Å². The van der Waals surface area contributed by atoms with Crippen LogP contribution in [0.1, 0.15) is 32.7 Å². The van der Waals surface area contributed by atoms with Crippen molar-refractivity contribution in [3.8, 4) is 0 Å². The van der Waals surface area contributed by atoms with Crippen LogP contribution in [0.3, 0.4) is 0 Å². The van der Waals surface area contributed by atoms with Crippen LogP contribution >= 0.6 is 0 Å². The van der Waals surface area contributed by atoms with Gasteiger partial charge in [0.05, 0.1) is 29.5 Å². The number of anilines is 1. The molecule has 3 aromatic rings. The second kappa shape index (κ2) is 7.29. The number of hydrogen-bond acceptors (Lipinski definition) is 4. The zero-order valence-corrected chi connectivity index (χ0v) is 14.3. The number of aromatic nitrogens is 4. The van der Waals surface area contributed by atoms with Gasteiger partial charge in [-0.05, 0) is 25.5 Å². The predicted octanol–water partition coefficient (Wildman–Crippen LogP) is 2.59. The Labute approximate surface area is 145 Å². The van der Waals surface area contributed by atoms with E-state index in [4.69, 9.17) is 0 Å². The van der Waals surface area contributed by atoms with Crippen LogP contribution in [0.25, 0.3) is 10.9 Å². The first-order chi connectivity index (χ1) is 12.1. The highest BCUT2D eigenvalue weighted by atomic mass is 16.2. The fourth-order valence-electron chi connectivity index (χ4n) is 2.63. The Bertz CT molecular complexity index is 944. The topological polar surface area (TPSA) is 81.8 Å². The number of benzene rings is 1. The first-order valence-electron chi connectivity index (χ1n) is 8.37. The van der Waals surface area contributed by atoms with Crippen LogP contribution < -0.4 is 10.9 Å². The summed E-state index contributed by atoms with van der Waals surface area (Å²) in [6, 6.07) is 9.16. The molecular weight excluding hydrogens is 318 g/mol. The summed E-state index contributed by atoms with van der Waals surface area (Å²) >= 11 is 0. The van der Waals surface area contributed by atoms with Gasteiger partial charge in [0, 0.05) is 19.0 Å². The SMILES string of the molecule is CC[C@H](C)n1nccc1NC(=O)CCn1cnc2ccccc2c1=O. The van der Waals surface area contributed by atoms with Gasteiger partial charge in [-0.3, -0.25) is 14.2 Å². The standard InChI is InChI=1S/C18H21N5O2/c1-3-13(2)23-16(8-10-20-23)21-17(24)9-11-22-12-19-15-7-5-4-6-14(15)18(22)25/h4-8,10,12-13H,3,9,11H2,1-2H3,(H,21,24)/t13-/m0/s1. The Hall–Kier alpha value is -2.96. The van der Waals surface area contributed by atoms with E-state index in [0.717, 1.165) is 6.42 Å². The minimum Gasteiger partial charge on any atom is -0.311 e. The number of aryl methyl sites for hydroxylation is 1. The van der Waals surface area contributed by atoms with Crippen molar-refractivity contribution in [1.82, 2.24) is 19.3 Å². The summed E-state index contributed by atoms with van der Waals surface area (Å²) in [7, 11) is 0. The third-order valence-corrected chi connectivity index (χ3v) is 4.26. The first kappa shape index (κ1) is 16.9. The van der Waals surface area contributed by atoms with Crippen molar-refractivity contribution in [2.24, 2.45) is 0 Å². The third kappa shape index (κ3) is 3.60. The first-order valence-corrected chi connectivity index (χ1v) is 8.37. The molecule has 0 aliphatic rings. The van der Waals surface area contributed by atoms with Gasteiger partial charge in [-0.2, -0.15) is 5.10 Å². The molecule has 0 unspecified atom stereocenters. The Morgan fingerprint density at radius 3 is 2.88 bits per heavy atom. The van der Waals surface area contributed by atoms with Gasteiger partial charge in [-0.25, -0.2) is 9.67 Å². The molecule has 1 aromatic carbocycles.